The van der Waals surface area contributed by atoms with E-state index in [-0.39, 0.29) is 11.6 Å². The molecule has 2 fully saturated rings. The summed E-state index contributed by atoms with van der Waals surface area (Å²) >= 11 is 5.94. The predicted octanol–water partition coefficient (Wildman–Crippen LogP) is 4.87. The lowest BCUT2D eigenvalue weighted by Crippen LogP contribution is -2.37. The van der Waals surface area contributed by atoms with E-state index in [0.29, 0.717) is 49.9 Å². The first-order valence-corrected chi connectivity index (χ1v) is 9.79. The number of nitrogens with zero attached hydrogens (tertiary/aromatic N) is 1. The van der Waals surface area contributed by atoms with E-state index in [1.54, 1.807) is 24.3 Å². The molecular weight excluding hydrogens is 405 g/mol. The maximum atomic E-state index is 13.3. The van der Waals surface area contributed by atoms with Gasteiger partial charge in [-0.25, -0.2) is 0 Å². The number of halogens is 4. The summed E-state index contributed by atoms with van der Waals surface area (Å²) in [6.45, 7) is 2.08. The number of alkyl halides is 3. The molecule has 0 spiro atoms. The molecule has 4 nitrogen and oxygen atoms in total. The van der Waals surface area contributed by atoms with Crippen LogP contribution in [0, 0.1) is 0 Å². The second-order valence-electron chi connectivity index (χ2n) is 7.37. The Balaban J connectivity index is 1.65. The molecule has 0 aromatic heterocycles. The van der Waals surface area contributed by atoms with E-state index >= 15 is 0 Å². The number of rotatable bonds is 4. The number of anilines is 2. The third-order valence-electron chi connectivity index (χ3n) is 5.51. The van der Waals surface area contributed by atoms with Crippen molar-refractivity contribution in [3.8, 4) is 0 Å². The van der Waals surface area contributed by atoms with Crippen molar-refractivity contribution in [2.75, 3.05) is 36.5 Å². The Kier molecular flexibility index (Phi) is 5.21. The third-order valence-corrected chi connectivity index (χ3v) is 5.76. The molecule has 0 unspecified atom stereocenters. The van der Waals surface area contributed by atoms with Crippen LogP contribution in [0.5, 0.6) is 0 Å². The summed E-state index contributed by atoms with van der Waals surface area (Å²) in [5.74, 6) is -0.298. The molecule has 1 saturated heterocycles. The van der Waals surface area contributed by atoms with Gasteiger partial charge in [-0.2, -0.15) is 13.2 Å². The molecule has 1 aliphatic heterocycles. The quantitative estimate of drug-likeness (QED) is 0.761. The number of nitrogens with one attached hydrogen (secondary N) is 1. The largest absolute Gasteiger partial charge is 0.416 e. The van der Waals surface area contributed by atoms with Crippen LogP contribution >= 0.6 is 11.6 Å². The normalized spacial score (nSPS) is 18.4. The van der Waals surface area contributed by atoms with Crippen molar-refractivity contribution in [3.05, 3.63) is 58.6 Å². The summed E-state index contributed by atoms with van der Waals surface area (Å²) in [6, 6.07) is 10.5. The Morgan fingerprint density at radius 2 is 1.72 bits per heavy atom. The van der Waals surface area contributed by atoms with Gasteiger partial charge in [0.2, 0.25) is 5.91 Å². The average Bonchev–Trinajstić information content (AvgIpc) is 3.50. The molecule has 1 saturated carbocycles. The van der Waals surface area contributed by atoms with Crippen molar-refractivity contribution < 1.29 is 22.7 Å². The molecule has 0 bridgehead atoms. The first-order chi connectivity index (χ1) is 13.8. The molecule has 1 N–H and O–H groups in total. The third kappa shape index (κ3) is 4.07. The Morgan fingerprint density at radius 3 is 2.31 bits per heavy atom. The van der Waals surface area contributed by atoms with E-state index in [2.05, 4.69) is 5.32 Å². The maximum absolute atomic E-state index is 13.3. The summed E-state index contributed by atoms with van der Waals surface area (Å²) in [5, 5.41) is 3.35. The molecule has 4 rings (SSSR count). The summed E-state index contributed by atoms with van der Waals surface area (Å²) < 4.78 is 45.1. The summed E-state index contributed by atoms with van der Waals surface area (Å²) in [7, 11) is 0. The van der Waals surface area contributed by atoms with Gasteiger partial charge in [0, 0.05) is 18.1 Å². The summed E-state index contributed by atoms with van der Waals surface area (Å²) in [4.78, 5) is 15.0. The van der Waals surface area contributed by atoms with Crippen molar-refractivity contribution in [2.24, 2.45) is 0 Å². The van der Waals surface area contributed by atoms with Crippen LogP contribution in [0.2, 0.25) is 5.02 Å². The van der Waals surface area contributed by atoms with Crippen LogP contribution in [0.1, 0.15) is 24.0 Å². The summed E-state index contributed by atoms with van der Waals surface area (Å²) in [6.07, 6.45) is -3.20. The van der Waals surface area contributed by atoms with Crippen molar-refractivity contribution in [1.82, 2.24) is 0 Å². The Hall–Kier alpha value is -2.25. The minimum atomic E-state index is -4.49. The van der Waals surface area contributed by atoms with Crippen molar-refractivity contribution in [2.45, 2.75) is 24.4 Å². The molecule has 8 heteroatoms. The lowest BCUT2D eigenvalue weighted by Gasteiger charge is -2.31. The number of benzene rings is 2. The number of morpholine rings is 1. The smallest absolute Gasteiger partial charge is 0.378 e. The highest BCUT2D eigenvalue weighted by atomic mass is 35.5. The SMILES string of the molecule is O=C(Nc1cc(C(F)(F)F)ccc1N1CCOCC1)C1(c2ccc(Cl)cc2)CC1. The number of ether oxygens (including phenoxy) is 1. The molecule has 154 valence electrons. The number of carbonyl (C=O) groups is 1. The molecule has 0 atom stereocenters. The lowest BCUT2D eigenvalue weighted by molar-refractivity contribution is -0.137. The zero-order valence-electron chi connectivity index (χ0n) is 15.6. The number of hydrogen-bond donors (Lipinski definition) is 1. The number of amides is 1. The molecule has 1 amide bonds. The highest BCUT2D eigenvalue weighted by molar-refractivity contribution is 6.30. The molecule has 1 heterocycles. The van der Waals surface area contributed by atoms with Crippen LogP contribution in [0.25, 0.3) is 0 Å². The van der Waals surface area contributed by atoms with Crippen molar-refractivity contribution >= 4 is 28.9 Å². The standard InChI is InChI=1S/C21H20ClF3N2O2/c22-16-4-1-14(2-5-16)20(7-8-20)19(28)26-17-13-15(21(23,24)25)3-6-18(17)27-9-11-29-12-10-27/h1-6,13H,7-12H2,(H,26,28). The molecule has 29 heavy (non-hydrogen) atoms. The van der Waals surface area contributed by atoms with Gasteiger partial charge >= 0.3 is 6.18 Å². The second kappa shape index (κ2) is 7.54. The van der Waals surface area contributed by atoms with E-state index in [1.165, 1.54) is 6.07 Å². The van der Waals surface area contributed by atoms with E-state index < -0.39 is 17.2 Å². The van der Waals surface area contributed by atoms with Gasteiger partial charge < -0.3 is 15.0 Å². The van der Waals surface area contributed by atoms with E-state index in [0.717, 1.165) is 17.7 Å². The minimum absolute atomic E-state index is 0.173. The highest BCUT2D eigenvalue weighted by Gasteiger charge is 2.51. The molecular formula is C21H20ClF3N2O2. The Bertz CT molecular complexity index is 905. The van der Waals surface area contributed by atoms with Gasteiger partial charge in [-0.3, -0.25) is 4.79 Å². The van der Waals surface area contributed by atoms with Gasteiger partial charge in [-0.15, -0.1) is 0 Å². The van der Waals surface area contributed by atoms with Crippen LogP contribution in [0.4, 0.5) is 24.5 Å². The number of carbonyl (C=O) groups excluding carboxylic acids is 1. The fraction of sp³-hybridized carbons (Fsp3) is 0.381. The van der Waals surface area contributed by atoms with E-state index in [4.69, 9.17) is 16.3 Å². The zero-order chi connectivity index (χ0) is 20.6. The lowest BCUT2D eigenvalue weighted by atomic mass is 9.95. The second-order valence-corrected chi connectivity index (χ2v) is 7.81. The monoisotopic (exact) mass is 424 g/mol. The zero-order valence-corrected chi connectivity index (χ0v) is 16.3. The van der Waals surface area contributed by atoms with Gasteiger partial charge in [0.05, 0.1) is 35.6 Å². The first kappa shape index (κ1) is 20.0. The highest BCUT2D eigenvalue weighted by Crippen LogP contribution is 2.49. The van der Waals surface area contributed by atoms with Crippen LogP contribution in [-0.2, 0) is 21.1 Å². The van der Waals surface area contributed by atoms with Crippen LogP contribution in [-0.4, -0.2) is 32.2 Å². The average molecular weight is 425 g/mol. The van der Waals surface area contributed by atoms with E-state index in [1.807, 2.05) is 4.90 Å². The van der Waals surface area contributed by atoms with Crippen molar-refractivity contribution in [3.63, 3.8) is 0 Å². The van der Waals surface area contributed by atoms with Gasteiger partial charge in [-0.05, 0) is 48.7 Å². The van der Waals surface area contributed by atoms with E-state index in [9.17, 15) is 18.0 Å². The molecule has 1 aliphatic carbocycles. The van der Waals surface area contributed by atoms with Crippen molar-refractivity contribution in [1.29, 1.82) is 0 Å². The topological polar surface area (TPSA) is 41.6 Å². The van der Waals surface area contributed by atoms with Crippen LogP contribution in [0.3, 0.4) is 0 Å². The Morgan fingerprint density at radius 1 is 1.07 bits per heavy atom. The molecule has 2 aromatic rings. The molecule has 2 aliphatic rings. The minimum Gasteiger partial charge on any atom is -0.378 e. The van der Waals surface area contributed by atoms with Crippen LogP contribution in [0.15, 0.2) is 42.5 Å². The molecule has 2 aromatic carbocycles. The molecule has 0 radical (unpaired) electrons. The maximum Gasteiger partial charge on any atom is 0.416 e. The van der Waals surface area contributed by atoms with Gasteiger partial charge in [0.25, 0.3) is 0 Å². The first-order valence-electron chi connectivity index (χ1n) is 9.41. The van der Waals surface area contributed by atoms with Gasteiger partial charge in [0.1, 0.15) is 0 Å². The predicted molar refractivity (Wildman–Crippen MR) is 105 cm³/mol. The summed E-state index contributed by atoms with van der Waals surface area (Å²) in [5.41, 5.74) is 0.0511. The van der Waals surface area contributed by atoms with Gasteiger partial charge in [0.15, 0.2) is 0 Å². The fourth-order valence-electron chi connectivity index (χ4n) is 3.68. The Labute approximate surface area is 171 Å². The van der Waals surface area contributed by atoms with Gasteiger partial charge in [-0.1, -0.05) is 23.7 Å². The fourth-order valence-corrected chi connectivity index (χ4v) is 3.80. The van der Waals surface area contributed by atoms with Crippen LogP contribution < -0.4 is 10.2 Å². The number of hydrogen-bond acceptors (Lipinski definition) is 3.